The molecule has 2 heterocycles. The summed E-state index contributed by atoms with van der Waals surface area (Å²) >= 11 is 5.09. The number of aryl methyl sites for hydroxylation is 1. The summed E-state index contributed by atoms with van der Waals surface area (Å²) in [4.78, 5) is 17.7. The summed E-state index contributed by atoms with van der Waals surface area (Å²) in [6.07, 6.45) is 1.97. The summed E-state index contributed by atoms with van der Waals surface area (Å²) in [5.74, 6) is -0.649. The Morgan fingerprint density at radius 1 is 1.27 bits per heavy atom. The van der Waals surface area contributed by atoms with Crippen molar-refractivity contribution in [3.8, 4) is 0 Å². The van der Waals surface area contributed by atoms with Gasteiger partial charge in [0.15, 0.2) is 0 Å². The van der Waals surface area contributed by atoms with Gasteiger partial charge in [0.1, 0.15) is 5.82 Å². The van der Waals surface area contributed by atoms with Gasteiger partial charge in [0, 0.05) is 20.8 Å². The smallest absolute Gasteiger partial charge is 0.238 e. The molecule has 30 heavy (non-hydrogen) atoms. The first kappa shape index (κ1) is 21.2. The van der Waals surface area contributed by atoms with Crippen LogP contribution in [0.4, 0.5) is 10.1 Å². The van der Waals surface area contributed by atoms with E-state index in [9.17, 15) is 9.18 Å². The van der Waals surface area contributed by atoms with Gasteiger partial charge in [-0.15, -0.1) is 11.3 Å². The third-order valence-corrected chi connectivity index (χ3v) is 7.37. The second-order valence-electron chi connectivity index (χ2n) is 7.54. The lowest BCUT2D eigenvalue weighted by Crippen LogP contribution is -2.40. The zero-order valence-electron chi connectivity index (χ0n) is 17.0. The minimum absolute atomic E-state index is 0.0412. The molecule has 1 aromatic heterocycles. The van der Waals surface area contributed by atoms with Crippen molar-refractivity contribution >= 4 is 38.9 Å². The number of nitrogens with zero attached hydrogens (tertiary/aromatic N) is 1. The van der Waals surface area contributed by atoms with Gasteiger partial charge in [-0.05, 0) is 54.7 Å². The van der Waals surface area contributed by atoms with E-state index in [4.69, 9.17) is 0 Å². The van der Waals surface area contributed by atoms with Crippen LogP contribution >= 0.6 is 27.3 Å². The summed E-state index contributed by atoms with van der Waals surface area (Å²) in [6.45, 7) is 5.41. The maximum Gasteiger partial charge on any atom is 0.238 e. The molecule has 1 aliphatic rings. The molecule has 0 saturated carbocycles. The van der Waals surface area contributed by atoms with Crippen LogP contribution in [0, 0.1) is 12.7 Å². The quantitative estimate of drug-likeness (QED) is 0.471. The topological polar surface area (TPSA) is 32.3 Å². The first-order valence-electron chi connectivity index (χ1n) is 10.1. The predicted molar refractivity (Wildman–Crippen MR) is 125 cm³/mol. The summed E-state index contributed by atoms with van der Waals surface area (Å²) < 4.78 is 14.8. The number of hydrogen-bond donors (Lipinski definition) is 1. The standard InChI is InChI=1S/C24H24BrFN2OS/c1-3-18-15(2)30-24-19(18)11-12-28(23(24)16-7-5-4-6-8-16)14-22(29)27-21-10-9-17(25)13-20(21)26/h4-10,13,23H,3,11-12,14H2,1-2H3,(H,27,29). The number of anilines is 1. The molecule has 2 aromatic carbocycles. The van der Waals surface area contributed by atoms with Crippen LogP contribution in [0.15, 0.2) is 53.0 Å². The largest absolute Gasteiger partial charge is 0.322 e. The van der Waals surface area contributed by atoms with Gasteiger partial charge in [-0.2, -0.15) is 0 Å². The number of thiophene rings is 1. The molecule has 1 N–H and O–H groups in total. The number of rotatable bonds is 5. The molecule has 1 amide bonds. The number of amides is 1. The van der Waals surface area contributed by atoms with Crippen LogP contribution in [-0.2, 0) is 17.6 Å². The van der Waals surface area contributed by atoms with Crippen molar-refractivity contribution in [3.63, 3.8) is 0 Å². The molecular formula is C24H24BrFN2OS. The van der Waals surface area contributed by atoms with E-state index in [1.807, 2.05) is 29.5 Å². The lowest BCUT2D eigenvalue weighted by Gasteiger charge is -2.36. The normalized spacial score (nSPS) is 16.3. The highest BCUT2D eigenvalue weighted by molar-refractivity contribution is 9.10. The van der Waals surface area contributed by atoms with E-state index in [1.54, 1.807) is 12.1 Å². The molecule has 3 nitrogen and oxygen atoms in total. The number of nitrogens with one attached hydrogen (secondary N) is 1. The van der Waals surface area contributed by atoms with E-state index in [0.29, 0.717) is 4.47 Å². The van der Waals surface area contributed by atoms with E-state index in [2.05, 4.69) is 52.1 Å². The zero-order chi connectivity index (χ0) is 21.3. The lowest BCUT2D eigenvalue weighted by molar-refractivity contribution is -0.117. The number of hydrogen-bond acceptors (Lipinski definition) is 3. The van der Waals surface area contributed by atoms with Crippen LogP contribution in [0.5, 0.6) is 0 Å². The Balaban J connectivity index is 1.62. The third kappa shape index (κ3) is 4.22. The van der Waals surface area contributed by atoms with Crippen molar-refractivity contribution in [1.82, 2.24) is 4.90 Å². The fourth-order valence-corrected chi connectivity index (χ4v) is 6.09. The van der Waals surface area contributed by atoms with Gasteiger partial charge in [-0.3, -0.25) is 9.69 Å². The Bertz CT molecular complexity index is 1070. The first-order chi connectivity index (χ1) is 14.5. The van der Waals surface area contributed by atoms with Crippen LogP contribution in [0.25, 0.3) is 0 Å². The van der Waals surface area contributed by atoms with Crippen LogP contribution in [0.2, 0.25) is 0 Å². The molecular weight excluding hydrogens is 463 g/mol. The summed E-state index contributed by atoms with van der Waals surface area (Å²) in [5.41, 5.74) is 4.30. The molecule has 3 aromatic rings. The van der Waals surface area contributed by atoms with Gasteiger partial charge in [-0.25, -0.2) is 4.39 Å². The van der Waals surface area contributed by atoms with Crippen molar-refractivity contribution in [3.05, 3.63) is 85.3 Å². The molecule has 0 aliphatic carbocycles. The molecule has 0 fully saturated rings. The van der Waals surface area contributed by atoms with Gasteiger partial charge in [0.05, 0.1) is 18.3 Å². The molecule has 0 radical (unpaired) electrons. The number of halogens is 2. The van der Waals surface area contributed by atoms with Gasteiger partial charge >= 0.3 is 0 Å². The molecule has 0 spiro atoms. The third-order valence-electron chi connectivity index (χ3n) is 5.63. The van der Waals surface area contributed by atoms with Gasteiger partial charge < -0.3 is 5.32 Å². The maximum absolute atomic E-state index is 14.2. The van der Waals surface area contributed by atoms with Gasteiger partial charge in [0.25, 0.3) is 0 Å². The highest BCUT2D eigenvalue weighted by Gasteiger charge is 2.33. The van der Waals surface area contributed by atoms with E-state index >= 15 is 0 Å². The van der Waals surface area contributed by atoms with E-state index in [-0.39, 0.29) is 24.2 Å². The fraction of sp³-hybridized carbons (Fsp3) is 0.292. The minimum atomic E-state index is -0.445. The first-order valence-corrected chi connectivity index (χ1v) is 11.7. The van der Waals surface area contributed by atoms with Crippen LogP contribution in [-0.4, -0.2) is 23.9 Å². The molecule has 4 rings (SSSR count). The summed E-state index contributed by atoms with van der Waals surface area (Å²) in [6, 6.07) is 15.0. The maximum atomic E-state index is 14.2. The van der Waals surface area contributed by atoms with Crippen molar-refractivity contribution in [2.75, 3.05) is 18.4 Å². The van der Waals surface area contributed by atoms with E-state index in [0.717, 1.165) is 19.4 Å². The Morgan fingerprint density at radius 3 is 2.73 bits per heavy atom. The highest BCUT2D eigenvalue weighted by Crippen LogP contribution is 2.42. The molecule has 6 heteroatoms. The highest BCUT2D eigenvalue weighted by atomic mass is 79.9. The predicted octanol–water partition coefficient (Wildman–Crippen LogP) is 6.11. The molecule has 0 saturated heterocycles. The van der Waals surface area contributed by atoms with Gasteiger partial charge in [0.2, 0.25) is 5.91 Å². The second-order valence-corrected chi connectivity index (χ2v) is 9.71. The Labute approximate surface area is 189 Å². The van der Waals surface area contributed by atoms with Crippen molar-refractivity contribution < 1.29 is 9.18 Å². The van der Waals surface area contributed by atoms with Crippen molar-refractivity contribution in [2.45, 2.75) is 32.7 Å². The second kappa shape index (κ2) is 9.00. The summed E-state index contributed by atoms with van der Waals surface area (Å²) in [5, 5.41) is 2.74. The lowest BCUT2D eigenvalue weighted by atomic mass is 9.91. The Morgan fingerprint density at radius 2 is 2.03 bits per heavy atom. The van der Waals surface area contributed by atoms with Crippen molar-refractivity contribution in [1.29, 1.82) is 0 Å². The summed E-state index contributed by atoms with van der Waals surface area (Å²) in [7, 11) is 0. The van der Waals surface area contributed by atoms with Crippen molar-refractivity contribution in [2.24, 2.45) is 0 Å². The molecule has 0 bridgehead atoms. The number of carbonyl (C=O) groups excluding carboxylic acids is 1. The van der Waals surface area contributed by atoms with E-state index in [1.165, 1.54) is 32.5 Å². The molecule has 1 unspecified atom stereocenters. The fourth-order valence-electron chi connectivity index (χ4n) is 4.29. The number of fused-ring (bicyclic) bond motifs is 1. The van der Waals surface area contributed by atoms with Crippen LogP contribution in [0.3, 0.4) is 0 Å². The molecule has 1 aliphatic heterocycles. The average Bonchev–Trinajstić information content (AvgIpc) is 3.05. The Kier molecular flexibility index (Phi) is 6.37. The van der Waals surface area contributed by atoms with Crippen LogP contribution < -0.4 is 5.32 Å². The SMILES string of the molecule is CCc1c(C)sc2c1CCN(CC(=O)Nc1ccc(Br)cc1F)C2c1ccccc1. The number of benzene rings is 2. The number of carbonyl (C=O) groups is 1. The molecule has 156 valence electrons. The average molecular weight is 487 g/mol. The monoisotopic (exact) mass is 486 g/mol. The Hall–Kier alpha value is -2.02. The molecule has 1 atom stereocenters. The minimum Gasteiger partial charge on any atom is -0.322 e. The van der Waals surface area contributed by atoms with E-state index < -0.39 is 5.82 Å². The van der Waals surface area contributed by atoms with Crippen LogP contribution in [0.1, 0.15) is 39.4 Å². The van der Waals surface area contributed by atoms with Gasteiger partial charge in [-0.1, -0.05) is 53.2 Å². The zero-order valence-corrected chi connectivity index (χ0v) is 19.4.